The van der Waals surface area contributed by atoms with E-state index in [4.69, 9.17) is 9.73 Å². The molecule has 3 aliphatic carbocycles. The average Bonchev–Trinajstić information content (AvgIpc) is 1.96. The quantitative estimate of drug-likeness (QED) is 0.0514. The summed E-state index contributed by atoms with van der Waals surface area (Å²) in [7, 11) is 3.87. The lowest BCUT2D eigenvalue weighted by molar-refractivity contribution is -0.150. The van der Waals surface area contributed by atoms with Gasteiger partial charge in [0.1, 0.15) is 5.54 Å². The predicted molar refractivity (Wildman–Crippen MR) is 349 cm³/mol. The third kappa shape index (κ3) is 12.1. The lowest BCUT2D eigenvalue weighted by Gasteiger charge is -2.50. The molecule has 4 aliphatic rings. The Morgan fingerprint density at radius 1 is 0.624 bits per heavy atom. The van der Waals surface area contributed by atoms with Crippen LogP contribution >= 0.6 is 57.1 Å². The van der Waals surface area contributed by atoms with Crippen LogP contribution in [0.4, 0.5) is 0 Å². The van der Waals surface area contributed by atoms with Gasteiger partial charge in [-0.3, -0.25) is 25.3 Å². The summed E-state index contributed by atoms with van der Waals surface area (Å²) in [6, 6.07) is 45.0. The van der Waals surface area contributed by atoms with Crippen LogP contribution in [-0.4, -0.2) is 70.1 Å². The Bertz CT molecular complexity index is 3570. The lowest BCUT2D eigenvalue weighted by Crippen LogP contribution is -2.56. The number of carboxylic acid groups (broad SMARTS) is 2. The summed E-state index contributed by atoms with van der Waals surface area (Å²) in [4.78, 5) is 53.0. The topological polar surface area (TPSA) is 141 Å². The number of nitrogens with one attached hydrogen (secondary N) is 2. The second kappa shape index (κ2) is 26.1. The highest BCUT2D eigenvalue weighted by molar-refractivity contribution is 8.14. The number of aromatic carboxylic acids is 2. The fourth-order valence-corrected chi connectivity index (χ4v) is 18.8. The molecule has 4 aromatic carbocycles. The molecule has 12 rings (SSSR count). The van der Waals surface area contributed by atoms with E-state index in [0.29, 0.717) is 25.8 Å². The Kier molecular flexibility index (Phi) is 18.2. The summed E-state index contributed by atoms with van der Waals surface area (Å²) in [5.74, 6) is -1.01. The molecule has 0 radical (unpaired) electrons. The molecule has 4 N–H and O–H groups in total. The molecular weight excluding hydrogens is 1150 g/mol. The van der Waals surface area contributed by atoms with Crippen molar-refractivity contribution in [1.29, 1.82) is 0 Å². The first kappa shape index (κ1) is 59.3. The minimum absolute atomic E-state index is 0.255. The third-order valence-electron chi connectivity index (χ3n) is 18.9. The predicted octanol–water partition coefficient (Wildman–Crippen LogP) is 16.8. The highest BCUT2D eigenvalue weighted by Crippen LogP contribution is 2.55. The number of hydrogen-bond donors (Lipinski definition) is 4. The smallest absolute Gasteiger partial charge is 0.335 e. The second-order valence-electron chi connectivity index (χ2n) is 23.6. The van der Waals surface area contributed by atoms with Crippen molar-refractivity contribution in [2.45, 2.75) is 137 Å². The molecule has 0 bridgehead atoms. The zero-order valence-corrected chi connectivity index (χ0v) is 52.4. The minimum atomic E-state index is -1.05. The van der Waals surface area contributed by atoms with E-state index in [-0.39, 0.29) is 29.1 Å². The molecule has 3 saturated carbocycles. The molecule has 1 aliphatic heterocycles. The summed E-state index contributed by atoms with van der Waals surface area (Å²) >= 11 is 8.82. The van der Waals surface area contributed by atoms with E-state index >= 15 is 4.79 Å². The minimum Gasteiger partial charge on any atom is -0.478 e. The van der Waals surface area contributed by atoms with Crippen molar-refractivity contribution in [1.82, 2.24) is 15.5 Å². The molecule has 0 saturated heterocycles. The van der Waals surface area contributed by atoms with Crippen molar-refractivity contribution in [3.63, 3.8) is 0 Å². The number of methoxy groups -OCH3 is 1. The van der Waals surface area contributed by atoms with Gasteiger partial charge in [0, 0.05) is 54.9 Å². The van der Waals surface area contributed by atoms with E-state index in [9.17, 15) is 19.8 Å². The summed E-state index contributed by atoms with van der Waals surface area (Å²) < 4.78 is 6.00. The van der Waals surface area contributed by atoms with E-state index < -0.39 is 40.6 Å². The first-order chi connectivity index (χ1) is 41.5. The second-order valence-corrected chi connectivity index (χ2v) is 28.6. The van der Waals surface area contributed by atoms with Crippen LogP contribution in [0.5, 0.6) is 0 Å². The Labute approximate surface area is 519 Å². The van der Waals surface area contributed by atoms with E-state index in [2.05, 4.69) is 141 Å². The summed E-state index contributed by atoms with van der Waals surface area (Å²) in [5.41, 5.74) is 7.58. The number of nitrogens with zero attached hydrogens (tertiary/aromatic N) is 2. The number of benzene rings is 4. The molecule has 8 aromatic rings. The molecule has 85 heavy (non-hydrogen) atoms. The van der Waals surface area contributed by atoms with E-state index in [1.807, 2.05) is 23.9 Å². The number of hydrogen-bond acceptors (Lipinski definition) is 13. The van der Waals surface area contributed by atoms with Crippen LogP contribution in [0.25, 0.3) is 0 Å². The van der Waals surface area contributed by atoms with Crippen LogP contribution in [0.2, 0.25) is 0 Å². The van der Waals surface area contributed by atoms with Crippen LogP contribution in [0.15, 0.2) is 160 Å². The molecule has 3 atom stereocenters. The Hall–Kier alpha value is -6.01. The third-order valence-corrected chi connectivity index (χ3v) is 23.6. The maximum atomic E-state index is 15.2. The number of aliphatic imine (C=N–C) groups is 1. The highest BCUT2D eigenvalue weighted by atomic mass is 32.2. The molecule has 3 unspecified atom stereocenters. The van der Waals surface area contributed by atoms with E-state index in [1.165, 1.54) is 44.0 Å². The number of thiophene rings is 4. The molecule has 440 valence electrons. The maximum Gasteiger partial charge on any atom is 0.335 e. The van der Waals surface area contributed by atoms with Crippen molar-refractivity contribution >= 4 is 80.1 Å². The van der Waals surface area contributed by atoms with Crippen molar-refractivity contribution < 1.29 is 29.3 Å². The number of ether oxygens (including phenoxy) is 1. The van der Waals surface area contributed by atoms with Gasteiger partial charge in [0.2, 0.25) is 0 Å². The summed E-state index contributed by atoms with van der Waals surface area (Å²) in [6.07, 6.45) is 13.1. The molecule has 10 nitrogen and oxygen atoms in total. The van der Waals surface area contributed by atoms with Crippen molar-refractivity contribution in [3.8, 4) is 0 Å². The molecule has 0 spiro atoms. The maximum absolute atomic E-state index is 15.2. The number of carbonyl (C=O) groups is 3. The van der Waals surface area contributed by atoms with Gasteiger partial charge in [0.25, 0.3) is 0 Å². The van der Waals surface area contributed by atoms with Crippen molar-refractivity contribution in [3.05, 3.63) is 230 Å². The number of carboxylic acids is 2. The standard InChI is InChI=1S/C70H74N4O6S5/c1-74(70(34-10-5-11-35-70)52-28-24-49(25-29-52)66(77)78)63(57-21-15-42-84-57)60-58(61(55-19-13-40-82-55)72-68(32-8-4-9-33-68)51-26-22-48(23-27-51)65(75)76)50(44-53-18-12-39-81-53)45-54(64-71-38-43-85-64)59(60)62(56-20-14-41-83-56)73-69(67(79)80-2)36-30-47(31-37-69)46-16-6-3-7-17-46/h3,6-7,12-29,39-42,45,47,61-63,72-73H,4-5,8-11,30-38,43-44H2,1-2H3,(H,75,76)(H,77,78). The van der Waals surface area contributed by atoms with Crippen molar-refractivity contribution in [2.24, 2.45) is 4.99 Å². The SMILES string of the molecule is COC(=O)C1(NC(c2cccs2)c2c(C3=NCCS3)cc(Cc3cccs3)c(C(NC3(c4ccc(C(=O)O)cc4)CCCCC3)c3cccs3)c2C(c2cccs2)N(C)C2(c3ccc(C(=O)O)cc3)CCCCC2)CCC(c2ccccc2)CC1. The van der Waals surface area contributed by atoms with Crippen LogP contribution < -0.4 is 10.6 Å². The first-order valence-corrected chi connectivity index (χ1v) is 34.6. The molecule has 3 fully saturated rings. The van der Waals surface area contributed by atoms with Crippen LogP contribution in [0.1, 0.15) is 199 Å². The Morgan fingerprint density at radius 3 is 1.73 bits per heavy atom. The summed E-state index contributed by atoms with van der Waals surface area (Å²) in [5, 5.41) is 39.1. The first-order valence-electron chi connectivity index (χ1n) is 30.1. The normalized spacial score (nSPS) is 20.6. The highest BCUT2D eigenvalue weighted by Gasteiger charge is 2.50. The van der Waals surface area contributed by atoms with Gasteiger partial charge in [-0.2, -0.15) is 0 Å². The van der Waals surface area contributed by atoms with Gasteiger partial charge in [-0.15, -0.1) is 57.1 Å². The number of thioether (sulfide) groups is 1. The fraction of sp³-hybridized carbons (Fsp3) is 0.371. The monoisotopic (exact) mass is 1230 g/mol. The summed E-state index contributed by atoms with van der Waals surface area (Å²) in [6.45, 7) is 0.688. The Morgan fingerprint density at radius 2 is 1.19 bits per heavy atom. The zero-order chi connectivity index (χ0) is 58.5. The number of carbonyl (C=O) groups excluding carboxylic acids is 1. The number of rotatable bonds is 21. The van der Waals surface area contributed by atoms with Crippen LogP contribution in [0.3, 0.4) is 0 Å². The Balaban J connectivity index is 1.19. The fourth-order valence-electron chi connectivity index (χ4n) is 14.7. The van der Waals surface area contributed by atoms with Gasteiger partial charge in [0.15, 0.2) is 0 Å². The van der Waals surface area contributed by atoms with Gasteiger partial charge in [-0.25, -0.2) is 9.59 Å². The largest absolute Gasteiger partial charge is 0.478 e. The molecular formula is C70H74N4O6S5. The van der Waals surface area contributed by atoms with Gasteiger partial charge < -0.3 is 14.9 Å². The molecule has 0 amide bonds. The molecule has 4 aromatic heterocycles. The van der Waals surface area contributed by atoms with Gasteiger partial charge in [-0.1, -0.05) is 117 Å². The lowest BCUT2D eigenvalue weighted by atomic mass is 9.71. The van der Waals surface area contributed by atoms with Crippen LogP contribution in [0, 0.1) is 0 Å². The zero-order valence-electron chi connectivity index (χ0n) is 48.3. The van der Waals surface area contributed by atoms with Gasteiger partial charge in [-0.05, 0) is 179 Å². The molecule has 15 heteroatoms. The van der Waals surface area contributed by atoms with Crippen molar-refractivity contribution in [2.75, 3.05) is 26.5 Å². The van der Waals surface area contributed by atoms with Gasteiger partial charge in [0.05, 0.1) is 41.4 Å². The van der Waals surface area contributed by atoms with E-state index in [1.54, 1.807) is 69.6 Å². The average molecular weight is 1230 g/mol. The van der Waals surface area contributed by atoms with E-state index in [0.717, 1.165) is 115 Å². The van der Waals surface area contributed by atoms with Gasteiger partial charge >= 0.3 is 17.9 Å². The molecule has 5 heterocycles. The van der Waals surface area contributed by atoms with Crippen LogP contribution in [-0.2, 0) is 27.0 Å². The number of esters is 1.